The van der Waals surface area contributed by atoms with E-state index in [-0.39, 0.29) is 23.7 Å². The standard InChI is InChI=1S/C34H41N5O3S/c1-24-27(10-13-32(35-24)43-30-11-8-26(9-12-30)33(40)41)22-37-20-16-29(17-21-37)39-31(25-6-4-3-5-7-25)23-38(34(39)42)28-14-18-36(2)19-15-28/h3-13,28-29,31H,14-23H2,1-2H3,(H,40,41). The normalized spacial score (nSPS) is 21.1. The molecule has 2 amide bonds. The number of rotatable bonds is 8. The van der Waals surface area contributed by atoms with E-state index in [4.69, 9.17) is 10.1 Å². The maximum Gasteiger partial charge on any atom is 0.335 e. The van der Waals surface area contributed by atoms with Crippen LogP contribution in [0.1, 0.15) is 58.9 Å². The number of aromatic nitrogens is 1. The number of nitrogens with zero attached hydrogens (tertiary/aromatic N) is 5. The second-order valence-electron chi connectivity index (χ2n) is 12.1. The molecule has 0 aliphatic carbocycles. The molecule has 2 aromatic carbocycles. The summed E-state index contributed by atoms with van der Waals surface area (Å²) in [6, 6.07) is 22.6. The molecule has 1 aromatic heterocycles. The van der Waals surface area contributed by atoms with Crippen molar-refractivity contribution in [2.24, 2.45) is 0 Å². The number of likely N-dealkylation sites (tertiary alicyclic amines) is 2. The van der Waals surface area contributed by atoms with Crippen molar-refractivity contribution < 1.29 is 14.7 Å². The summed E-state index contributed by atoms with van der Waals surface area (Å²) >= 11 is 1.54. The van der Waals surface area contributed by atoms with Crippen molar-refractivity contribution in [1.82, 2.24) is 24.6 Å². The number of urea groups is 1. The number of carboxylic acids is 1. The molecule has 0 bridgehead atoms. The Hall–Kier alpha value is -3.40. The number of amides is 2. The lowest BCUT2D eigenvalue weighted by atomic mass is 9.98. The highest BCUT2D eigenvalue weighted by molar-refractivity contribution is 7.99. The van der Waals surface area contributed by atoms with Crippen LogP contribution in [0.25, 0.3) is 0 Å². The summed E-state index contributed by atoms with van der Waals surface area (Å²) in [4.78, 5) is 40.2. The van der Waals surface area contributed by atoms with Gasteiger partial charge in [-0.25, -0.2) is 14.6 Å². The Morgan fingerprint density at radius 1 is 0.907 bits per heavy atom. The van der Waals surface area contributed by atoms with Crippen molar-refractivity contribution in [3.05, 3.63) is 89.1 Å². The predicted octanol–water partition coefficient (Wildman–Crippen LogP) is 5.78. The molecule has 0 spiro atoms. The van der Waals surface area contributed by atoms with Crippen LogP contribution in [-0.2, 0) is 6.54 Å². The zero-order chi connectivity index (χ0) is 29.9. The molecular formula is C34H41N5O3S. The van der Waals surface area contributed by atoms with Crippen LogP contribution in [0.3, 0.4) is 0 Å². The number of piperidine rings is 2. The molecule has 8 nitrogen and oxygen atoms in total. The van der Waals surface area contributed by atoms with Gasteiger partial charge in [0.1, 0.15) is 5.03 Å². The molecule has 3 aliphatic heterocycles. The lowest BCUT2D eigenvalue weighted by Gasteiger charge is -2.39. The number of hydrogen-bond acceptors (Lipinski definition) is 6. The van der Waals surface area contributed by atoms with E-state index in [0.717, 1.165) is 80.6 Å². The lowest BCUT2D eigenvalue weighted by molar-refractivity contribution is 0.0696. The molecule has 3 aliphatic rings. The molecule has 1 unspecified atom stereocenters. The third-order valence-corrected chi connectivity index (χ3v) is 10.3. The number of benzene rings is 2. The van der Waals surface area contributed by atoms with E-state index in [0.29, 0.717) is 6.04 Å². The maximum absolute atomic E-state index is 14.0. The van der Waals surface area contributed by atoms with Crippen LogP contribution in [-0.4, -0.2) is 93.5 Å². The molecule has 3 fully saturated rings. The van der Waals surface area contributed by atoms with Gasteiger partial charge in [0.25, 0.3) is 0 Å². The lowest BCUT2D eigenvalue weighted by Crippen LogP contribution is -2.49. The monoisotopic (exact) mass is 599 g/mol. The minimum atomic E-state index is -0.920. The molecule has 3 saturated heterocycles. The minimum Gasteiger partial charge on any atom is -0.478 e. The molecular weight excluding hydrogens is 558 g/mol. The van der Waals surface area contributed by atoms with Gasteiger partial charge in [0, 0.05) is 48.9 Å². The predicted molar refractivity (Wildman–Crippen MR) is 168 cm³/mol. The molecule has 4 heterocycles. The highest BCUT2D eigenvalue weighted by Gasteiger charge is 2.45. The summed E-state index contributed by atoms with van der Waals surface area (Å²) in [6.45, 7) is 7.71. The van der Waals surface area contributed by atoms with Crippen LogP contribution in [0.15, 0.2) is 76.7 Å². The Morgan fingerprint density at radius 3 is 2.23 bits per heavy atom. The van der Waals surface area contributed by atoms with E-state index in [1.165, 1.54) is 22.9 Å². The fraction of sp³-hybridized carbons (Fsp3) is 0.441. The molecule has 1 N–H and O–H groups in total. The summed E-state index contributed by atoms with van der Waals surface area (Å²) in [5.41, 5.74) is 3.76. The minimum absolute atomic E-state index is 0.113. The van der Waals surface area contributed by atoms with Gasteiger partial charge in [0.05, 0.1) is 11.6 Å². The highest BCUT2D eigenvalue weighted by atomic mass is 32.2. The van der Waals surface area contributed by atoms with Crippen molar-refractivity contribution >= 4 is 23.8 Å². The van der Waals surface area contributed by atoms with E-state index in [2.05, 4.69) is 76.0 Å². The van der Waals surface area contributed by atoms with Gasteiger partial charge in [-0.15, -0.1) is 0 Å². The topological polar surface area (TPSA) is 80.2 Å². The number of carbonyl (C=O) groups excluding carboxylic acids is 1. The molecule has 226 valence electrons. The summed E-state index contributed by atoms with van der Waals surface area (Å²) < 4.78 is 0. The smallest absolute Gasteiger partial charge is 0.335 e. The molecule has 0 saturated carbocycles. The quantitative estimate of drug-likeness (QED) is 0.352. The Morgan fingerprint density at radius 2 is 1.58 bits per heavy atom. The molecule has 0 radical (unpaired) electrons. The summed E-state index contributed by atoms with van der Waals surface area (Å²) in [7, 11) is 2.17. The SMILES string of the molecule is Cc1nc(Sc2ccc(C(=O)O)cc2)ccc1CN1CCC(N2C(=O)N(C3CCN(C)CC3)CC2c2ccccc2)CC1. The van der Waals surface area contributed by atoms with E-state index in [9.17, 15) is 9.59 Å². The Bertz CT molecular complexity index is 1420. The highest BCUT2D eigenvalue weighted by Crippen LogP contribution is 2.37. The largest absolute Gasteiger partial charge is 0.478 e. The number of carbonyl (C=O) groups is 2. The third-order valence-electron chi connectivity index (χ3n) is 9.32. The average molecular weight is 600 g/mol. The van der Waals surface area contributed by atoms with Gasteiger partial charge in [-0.1, -0.05) is 48.2 Å². The summed E-state index contributed by atoms with van der Waals surface area (Å²) in [5.74, 6) is -0.920. The Labute approximate surface area is 258 Å². The van der Waals surface area contributed by atoms with E-state index in [1.54, 1.807) is 12.1 Å². The fourth-order valence-electron chi connectivity index (χ4n) is 6.77. The van der Waals surface area contributed by atoms with Gasteiger partial charge >= 0.3 is 12.0 Å². The third kappa shape index (κ3) is 6.74. The zero-order valence-electron chi connectivity index (χ0n) is 25.1. The first-order valence-corrected chi connectivity index (χ1v) is 16.2. The van der Waals surface area contributed by atoms with Crippen molar-refractivity contribution in [2.45, 2.75) is 67.2 Å². The first-order valence-electron chi connectivity index (χ1n) is 15.4. The zero-order valence-corrected chi connectivity index (χ0v) is 25.9. The van der Waals surface area contributed by atoms with Crippen molar-refractivity contribution in [2.75, 3.05) is 39.8 Å². The van der Waals surface area contributed by atoms with Crippen LogP contribution < -0.4 is 0 Å². The summed E-state index contributed by atoms with van der Waals surface area (Å²) in [5, 5.41) is 10.0. The molecule has 43 heavy (non-hydrogen) atoms. The van der Waals surface area contributed by atoms with Crippen molar-refractivity contribution in [3.8, 4) is 0 Å². The molecule has 9 heteroatoms. The van der Waals surface area contributed by atoms with Gasteiger partial charge in [-0.2, -0.15) is 0 Å². The summed E-state index contributed by atoms with van der Waals surface area (Å²) in [6.07, 6.45) is 4.06. The van der Waals surface area contributed by atoms with E-state index < -0.39 is 5.97 Å². The second kappa shape index (κ2) is 13.1. The number of pyridine rings is 1. The number of aryl methyl sites for hydroxylation is 1. The van der Waals surface area contributed by atoms with Crippen LogP contribution in [0, 0.1) is 6.92 Å². The van der Waals surface area contributed by atoms with Gasteiger partial charge in [-0.3, -0.25) is 4.90 Å². The van der Waals surface area contributed by atoms with Crippen molar-refractivity contribution in [1.29, 1.82) is 0 Å². The number of aromatic carboxylic acids is 1. The van der Waals surface area contributed by atoms with Crippen LogP contribution in [0.2, 0.25) is 0 Å². The first kappa shape index (κ1) is 29.7. The van der Waals surface area contributed by atoms with Gasteiger partial charge in [-0.05, 0) is 94.2 Å². The Kier molecular flexibility index (Phi) is 9.02. The molecule has 1 atom stereocenters. The maximum atomic E-state index is 14.0. The average Bonchev–Trinajstić information content (AvgIpc) is 3.37. The molecule has 6 rings (SSSR count). The van der Waals surface area contributed by atoms with E-state index in [1.807, 2.05) is 12.1 Å². The van der Waals surface area contributed by atoms with Gasteiger partial charge < -0.3 is 19.8 Å². The Balaban J connectivity index is 1.08. The fourth-order valence-corrected chi connectivity index (χ4v) is 7.60. The van der Waals surface area contributed by atoms with Crippen molar-refractivity contribution in [3.63, 3.8) is 0 Å². The van der Waals surface area contributed by atoms with E-state index >= 15 is 0 Å². The molecule has 3 aromatic rings. The van der Waals surface area contributed by atoms with Crippen LogP contribution in [0.5, 0.6) is 0 Å². The first-order chi connectivity index (χ1) is 20.9. The van der Waals surface area contributed by atoms with Crippen LogP contribution >= 0.6 is 11.8 Å². The van der Waals surface area contributed by atoms with Gasteiger partial charge in [0.15, 0.2) is 0 Å². The second-order valence-corrected chi connectivity index (χ2v) is 13.2. The van der Waals surface area contributed by atoms with Gasteiger partial charge in [0.2, 0.25) is 0 Å². The number of hydrogen-bond donors (Lipinski definition) is 1. The van der Waals surface area contributed by atoms with Crippen LogP contribution in [0.4, 0.5) is 4.79 Å². The number of carboxylic acid groups (broad SMARTS) is 1.